The maximum Gasteiger partial charge on any atom is 0.243 e. The van der Waals surface area contributed by atoms with Crippen molar-refractivity contribution in [1.29, 1.82) is 0 Å². The maximum absolute atomic E-state index is 11.6. The van der Waals surface area contributed by atoms with Crippen molar-refractivity contribution in [3.05, 3.63) is 24.3 Å². The van der Waals surface area contributed by atoms with Crippen molar-refractivity contribution in [3.63, 3.8) is 0 Å². The summed E-state index contributed by atoms with van der Waals surface area (Å²) in [5.74, 6) is 0.265. The van der Waals surface area contributed by atoms with Gasteiger partial charge in [-0.2, -0.15) is 0 Å². The van der Waals surface area contributed by atoms with E-state index in [-0.39, 0.29) is 37.3 Å². The van der Waals surface area contributed by atoms with Gasteiger partial charge in [0.2, 0.25) is 11.8 Å². The van der Waals surface area contributed by atoms with Crippen LogP contribution in [0.4, 0.5) is 5.69 Å². The highest BCUT2D eigenvalue weighted by atomic mass is 35.5. The topological polar surface area (TPSA) is 79.5 Å². The fourth-order valence-electron chi connectivity index (χ4n) is 1.41. The van der Waals surface area contributed by atoms with E-state index in [0.29, 0.717) is 12.3 Å². The number of amides is 2. The number of anilines is 1. The number of likely N-dealkylation sites (N-methyl/N-ethyl adjacent to an activating group) is 1. The molecular formula is C13H20ClN3O3. The molecule has 0 atom stereocenters. The van der Waals surface area contributed by atoms with Crippen LogP contribution < -0.4 is 20.7 Å². The SMILES string of the molecule is CCOc1ccc(NC(=O)CNC(=O)CNC)cc1.Cl. The van der Waals surface area contributed by atoms with Crippen LogP contribution in [-0.4, -0.2) is 38.6 Å². The Balaban J connectivity index is 0.00000361. The standard InChI is InChI=1S/C13H19N3O3.ClH/c1-3-19-11-6-4-10(5-7-11)16-13(18)9-15-12(17)8-14-2;/h4-7,14H,3,8-9H2,1-2H3,(H,15,17)(H,16,18);1H. The largest absolute Gasteiger partial charge is 0.494 e. The molecule has 6 nitrogen and oxygen atoms in total. The second-order valence-corrected chi connectivity index (χ2v) is 3.81. The van der Waals surface area contributed by atoms with Gasteiger partial charge in [-0.25, -0.2) is 0 Å². The lowest BCUT2D eigenvalue weighted by atomic mass is 10.3. The van der Waals surface area contributed by atoms with Crippen LogP contribution in [0.5, 0.6) is 5.75 Å². The van der Waals surface area contributed by atoms with E-state index in [2.05, 4.69) is 16.0 Å². The molecule has 1 aromatic carbocycles. The van der Waals surface area contributed by atoms with Gasteiger partial charge in [0.25, 0.3) is 0 Å². The van der Waals surface area contributed by atoms with Crippen molar-refractivity contribution in [1.82, 2.24) is 10.6 Å². The quantitative estimate of drug-likeness (QED) is 0.695. The molecule has 0 aromatic heterocycles. The third-order valence-corrected chi connectivity index (χ3v) is 2.23. The molecule has 0 saturated heterocycles. The van der Waals surface area contributed by atoms with Gasteiger partial charge in [-0.3, -0.25) is 9.59 Å². The zero-order valence-corrected chi connectivity index (χ0v) is 12.4. The second-order valence-electron chi connectivity index (χ2n) is 3.81. The van der Waals surface area contributed by atoms with Gasteiger partial charge in [-0.1, -0.05) is 0 Å². The molecule has 0 aliphatic heterocycles. The molecule has 2 amide bonds. The van der Waals surface area contributed by atoms with Gasteiger partial charge in [-0.15, -0.1) is 12.4 Å². The Bertz CT molecular complexity index is 423. The number of halogens is 1. The molecule has 1 rings (SSSR count). The fourth-order valence-corrected chi connectivity index (χ4v) is 1.41. The summed E-state index contributed by atoms with van der Waals surface area (Å²) in [6.07, 6.45) is 0. The summed E-state index contributed by atoms with van der Waals surface area (Å²) in [5, 5.41) is 7.88. The first-order valence-corrected chi connectivity index (χ1v) is 6.09. The predicted octanol–water partition coefficient (Wildman–Crippen LogP) is 0.781. The van der Waals surface area contributed by atoms with E-state index in [1.165, 1.54) is 0 Å². The fraction of sp³-hybridized carbons (Fsp3) is 0.385. The Morgan fingerprint density at radius 2 is 1.75 bits per heavy atom. The van der Waals surface area contributed by atoms with Crippen molar-refractivity contribution >= 4 is 29.9 Å². The number of carbonyl (C=O) groups is 2. The van der Waals surface area contributed by atoms with E-state index in [9.17, 15) is 9.59 Å². The Morgan fingerprint density at radius 3 is 2.30 bits per heavy atom. The zero-order chi connectivity index (χ0) is 14.1. The molecule has 0 bridgehead atoms. The van der Waals surface area contributed by atoms with Crippen LogP contribution in [0.25, 0.3) is 0 Å². The molecule has 0 saturated carbocycles. The van der Waals surface area contributed by atoms with Crippen molar-refractivity contribution in [2.24, 2.45) is 0 Å². The van der Waals surface area contributed by atoms with Gasteiger partial charge in [0.1, 0.15) is 5.75 Å². The molecule has 0 fully saturated rings. The van der Waals surface area contributed by atoms with E-state index >= 15 is 0 Å². The molecule has 0 heterocycles. The van der Waals surface area contributed by atoms with Gasteiger partial charge in [0.15, 0.2) is 0 Å². The summed E-state index contributed by atoms with van der Waals surface area (Å²) in [4.78, 5) is 22.7. The first-order chi connectivity index (χ1) is 9.15. The Labute approximate surface area is 124 Å². The summed E-state index contributed by atoms with van der Waals surface area (Å²) >= 11 is 0. The molecule has 112 valence electrons. The average molecular weight is 302 g/mol. The number of carbonyl (C=O) groups excluding carboxylic acids is 2. The first-order valence-electron chi connectivity index (χ1n) is 6.09. The lowest BCUT2D eigenvalue weighted by Crippen LogP contribution is -2.37. The van der Waals surface area contributed by atoms with Gasteiger partial charge in [0, 0.05) is 5.69 Å². The summed E-state index contributed by atoms with van der Waals surface area (Å²) in [7, 11) is 1.67. The number of rotatable bonds is 7. The van der Waals surface area contributed by atoms with Crippen molar-refractivity contribution in [2.45, 2.75) is 6.92 Å². The molecule has 3 N–H and O–H groups in total. The van der Waals surface area contributed by atoms with E-state index in [1.54, 1.807) is 31.3 Å². The molecule has 0 aliphatic rings. The molecule has 0 aliphatic carbocycles. The number of ether oxygens (including phenoxy) is 1. The molecule has 7 heteroatoms. The van der Waals surface area contributed by atoms with Gasteiger partial charge in [-0.05, 0) is 38.2 Å². The van der Waals surface area contributed by atoms with Gasteiger partial charge < -0.3 is 20.7 Å². The number of hydrogen-bond acceptors (Lipinski definition) is 4. The lowest BCUT2D eigenvalue weighted by molar-refractivity contribution is -0.123. The zero-order valence-electron chi connectivity index (χ0n) is 11.6. The van der Waals surface area contributed by atoms with Crippen molar-refractivity contribution < 1.29 is 14.3 Å². The van der Waals surface area contributed by atoms with Crippen LogP contribution >= 0.6 is 12.4 Å². The number of nitrogens with one attached hydrogen (secondary N) is 3. The highest BCUT2D eigenvalue weighted by molar-refractivity contribution is 5.94. The van der Waals surface area contributed by atoms with Crippen LogP contribution in [0.2, 0.25) is 0 Å². The normalized spacial score (nSPS) is 9.30. The first kappa shape index (κ1) is 18.2. The van der Waals surface area contributed by atoms with Crippen molar-refractivity contribution in [2.75, 3.05) is 32.1 Å². The summed E-state index contributed by atoms with van der Waals surface area (Å²) in [5.41, 5.74) is 0.663. The van der Waals surface area contributed by atoms with E-state index in [0.717, 1.165) is 5.75 Å². The molecule has 0 spiro atoms. The summed E-state index contributed by atoms with van der Waals surface area (Å²) in [6, 6.07) is 7.05. The second kappa shape index (κ2) is 10.1. The highest BCUT2D eigenvalue weighted by Gasteiger charge is 2.05. The highest BCUT2D eigenvalue weighted by Crippen LogP contribution is 2.15. The summed E-state index contributed by atoms with van der Waals surface area (Å²) in [6.45, 7) is 2.65. The molecular weight excluding hydrogens is 282 g/mol. The molecule has 0 radical (unpaired) electrons. The molecule has 20 heavy (non-hydrogen) atoms. The van der Waals surface area contributed by atoms with Crippen LogP contribution in [0.3, 0.4) is 0 Å². The summed E-state index contributed by atoms with van der Waals surface area (Å²) < 4.78 is 5.30. The van der Waals surface area contributed by atoms with Crippen LogP contribution in [0.1, 0.15) is 6.92 Å². The molecule has 0 unspecified atom stereocenters. The van der Waals surface area contributed by atoms with Gasteiger partial charge >= 0.3 is 0 Å². The smallest absolute Gasteiger partial charge is 0.243 e. The maximum atomic E-state index is 11.6. The third-order valence-electron chi connectivity index (χ3n) is 2.23. The predicted molar refractivity (Wildman–Crippen MR) is 80.4 cm³/mol. The van der Waals surface area contributed by atoms with Crippen LogP contribution in [-0.2, 0) is 9.59 Å². The monoisotopic (exact) mass is 301 g/mol. The van der Waals surface area contributed by atoms with Gasteiger partial charge in [0.05, 0.1) is 19.7 Å². The van der Waals surface area contributed by atoms with Crippen molar-refractivity contribution in [3.8, 4) is 5.75 Å². The third kappa shape index (κ3) is 6.96. The number of hydrogen-bond donors (Lipinski definition) is 3. The minimum Gasteiger partial charge on any atom is -0.494 e. The number of benzene rings is 1. The Morgan fingerprint density at radius 1 is 1.10 bits per heavy atom. The Hall–Kier alpha value is -1.79. The lowest BCUT2D eigenvalue weighted by Gasteiger charge is -2.08. The van der Waals surface area contributed by atoms with Crippen LogP contribution in [0.15, 0.2) is 24.3 Å². The average Bonchev–Trinajstić information content (AvgIpc) is 2.39. The Kier molecular flexibility index (Phi) is 9.15. The minimum atomic E-state index is -0.270. The van der Waals surface area contributed by atoms with E-state index in [1.807, 2.05) is 6.92 Å². The van der Waals surface area contributed by atoms with E-state index in [4.69, 9.17) is 4.74 Å². The van der Waals surface area contributed by atoms with E-state index < -0.39 is 0 Å². The molecule has 1 aromatic rings. The van der Waals surface area contributed by atoms with Crippen LogP contribution in [0, 0.1) is 0 Å². The minimum absolute atomic E-state index is 0.